The molecule has 0 saturated heterocycles. The molecule has 2 saturated carbocycles. The lowest BCUT2D eigenvalue weighted by atomic mass is 9.83. The van der Waals surface area contributed by atoms with Gasteiger partial charge in [0.15, 0.2) is 0 Å². The maximum absolute atomic E-state index is 13.0. The second kappa shape index (κ2) is 15.1. The molecule has 0 bridgehead atoms. The Morgan fingerprint density at radius 3 is 2.31 bits per heavy atom. The van der Waals surface area contributed by atoms with Crippen molar-refractivity contribution in [3.63, 3.8) is 0 Å². The van der Waals surface area contributed by atoms with Gasteiger partial charge in [0.1, 0.15) is 0 Å². The highest BCUT2D eigenvalue weighted by atomic mass is 16.1. The predicted octanol–water partition coefficient (Wildman–Crippen LogP) is 4.45. The van der Waals surface area contributed by atoms with Crippen LogP contribution in [0.4, 0.5) is 0 Å². The summed E-state index contributed by atoms with van der Waals surface area (Å²) in [6.45, 7) is 4.33. The molecule has 6 nitrogen and oxygen atoms in total. The van der Waals surface area contributed by atoms with Crippen LogP contribution in [0.15, 0.2) is 48.7 Å². The fraction of sp³-hybridized carbons (Fsp3) is 0.600. The van der Waals surface area contributed by atoms with Crippen LogP contribution in [0.3, 0.4) is 0 Å². The van der Waals surface area contributed by atoms with E-state index in [9.17, 15) is 4.79 Å². The Morgan fingerprint density at radius 1 is 0.778 bits per heavy atom. The van der Waals surface area contributed by atoms with Crippen LogP contribution >= 0.6 is 0 Å². The average molecular weight is 492 g/mol. The van der Waals surface area contributed by atoms with Crippen molar-refractivity contribution in [3.8, 4) is 0 Å². The van der Waals surface area contributed by atoms with Gasteiger partial charge in [-0.05, 0) is 68.5 Å². The highest BCUT2D eigenvalue weighted by molar-refractivity contribution is 5.79. The summed E-state index contributed by atoms with van der Waals surface area (Å²) in [5, 5.41) is 14.1. The Labute approximate surface area is 217 Å². The molecule has 2 aliphatic rings. The lowest BCUT2D eigenvalue weighted by molar-refractivity contribution is -0.127. The molecule has 2 fully saturated rings. The zero-order chi connectivity index (χ0) is 24.8. The van der Waals surface area contributed by atoms with E-state index in [1.165, 1.54) is 50.5 Å². The Bertz CT molecular complexity index is 882. The number of hydrogen-bond donors (Lipinski definition) is 4. The van der Waals surface area contributed by atoms with E-state index in [-0.39, 0.29) is 17.9 Å². The van der Waals surface area contributed by atoms with Gasteiger partial charge in [-0.3, -0.25) is 9.78 Å². The minimum atomic E-state index is 0.0264. The summed E-state index contributed by atoms with van der Waals surface area (Å²) in [5.41, 5.74) is 3.46. The topological polar surface area (TPSA) is 78.1 Å². The highest BCUT2D eigenvalue weighted by Gasteiger charge is 2.30. The van der Waals surface area contributed by atoms with Crippen LogP contribution in [0, 0.1) is 5.92 Å². The van der Waals surface area contributed by atoms with Crippen molar-refractivity contribution in [2.75, 3.05) is 13.1 Å². The van der Waals surface area contributed by atoms with E-state index in [1.54, 1.807) is 0 Å². The van der Waals surface area contributed by atoms with Crippen LogP contribution < -0.4 is 21.3 Å². The number of carbonyl (C=O) groups is 1. The summed E-state index contributed by atoms with van der Waals surface area (Å²) in [4.78, 5) is 17.4. The molecule has 0 radical (unpaired) electrons. The average Bonchev–Trinajstić information content (AvgIpc) is 2.94. The number of amides is 1. The molecule has 2 unspecified atom stereocenters. The number of hydrogen-bond acceptors (Lipinski definition) is 5. The third kappa shape index (κ3) is 8.99. The zero-order valence-electron chi connectivity index (χ0n) is 21.8. The molecule has 1 aromatic carbocycles. The minimum Gasteiger partial charge on any atom is -0.352 e. The van der Waals surface area contributed by atoms with Crippen molar-refractivity contribution in [1.82, 2.24) is 26.3 Å². The summed E-state index contributed by atoms with van der Waals surface area (Å²) >= 11 is 0. The number of pyridine rings is 1. The first-order chi connectivity index (χ1) is 17.8. The number of aromatic nitrogens is 1. The molecule has 4 rings (SSSR count). The molecule has 0 aliphatic heterocycles. The van der Waals surface area contributed by atoms with Crippen LogP contribution in [0.25, 0.3) is 0 Å². The van der Waals surface area contributed by atoms with Crippen LogP contribution in [0.5, 0.6) is 0 Å². The Balaban J connectivity index is 1.12. The normalized spacial score (nSPS) is 20.8. The summed E-state index contributed by atoms with van der Waals surface area (Å²) in [6.07, 6.45) is 14.2. The second-order valence-electron chi connectivity index (χ2n) is 10.6. The Morgan fingerprint density at radius 2 is 1.53 bits per heavy atom. The van der Waals surface area contributed by atoms with Crippen molar-refractivity contribution < 1.29 is 4.79 Å². The number of rotatable bonds is 13. The van der Waals surface area contributed by atoms with Crippen molar-refractivity contribution in [1.29, 1.82) is 0 Å². The molecule has 4 N–H and O–H groups in total. The zero-order valence-corrected chi connectivity index (χ0v) is 21.8. The van der Waals surface area contributed by atoms with Gasteiger partial charge in [0.05, 0.1) is 11.6 Å². The van der Waals surface area contributed by atoms with Gasteiger partial charge >= 0.3 is 0 Å². The molecule has 196 valence electrons. The molecule has 2 atom stereocenters. The SMILES string of the molecule is O=C(NCc1ccc(CNCCCNC2CCCCC2)cc1)C1CCCCC1NCc1ccccn1. The fourth-order valence-electron chi connectivity index (χ4n) is 5.58. The van der Waals surface area contributed by atoms with E-state index >= 15 is 0 Å². The van der Waals surface area contributed by atoms with Crippen LogP contribution in [0.2, 0.25) is 0 Å². The van der Waals surface area contributed by atoms with Crippen molar-refractivity contribution >= 4 is 5.91 Å². The largest absolute Gasteiger partial charge is 0.352 e. The molecular weight excluding hydrogens is 446 g/mol. The van der Waals surface area contributed by atoms with Crippen molar-refractivity contribution in [2.45, 2.75) is 95.9 Å². The molecule has 1 amide bonds. The van der Waals surface area contributed by atoms with Crippen molar-refractivity contribution in [3.05, 3.63) is 65.5 Å². The molecule has 0 spiro atoms. The summed E-state index contributed by atoms with van der Waals surface area (Å²) in [5.74, 6) is 0.194. The van der Waals surface area contributed by atoms with Crippen molar-refractivity contribution in [2.24, 2.45) is 5.92 Å². The first kappa shape index (κ1) is 26.8. The standard InChI is InChI=1S/C30H45N5O/c36-30(28-12-4-5-13-29(28)34-23-27-11-6-7-19-33-27)35-22-25-16-14-24(15-17-25)21-31-18-8-20-32-26-9-2-1-3-10-26/h6-7,11,14-17,19,26,28-29,31-32,34H,1-5,8-10,12-13,18,20-23H2,(H,35,36). The van der Waals surface area contributed by atoms with Gasteiger partial charge in [0.2, 0.25) is 5.91 Å². The number of nitrogens with zero attached hydrogens (tertiary/aromatic N) is 1. The second-order valence-corrected chi connectivity index (χ2v) is 10.6. The molecule has 1 aromatic heterocycles. The van der Waals surface area contributed by atoms with E-state index in [0.717, 1.165) is 56.2 Å². The van der Waals surface area contributed by atoms with Gasteiger partial charge in [0.25, 0.3) is 0 Å². The summed E-state index contributed by atoms with van der Waals surface area (Å²) in [6, 6.07) is 15.6. The smallest absolute Gasteiger partial charge is 0.224 e. The Hall–Kier alpha value is -2.28. The first-order valence-electron chi connectivity index (χ1n) is 14.2. The minimum absolute atomic E-state index is 0.0264. The van der Waals surface area contributed by atoms with Gasteiger partial charge in [-0.2, -0.15) is 0 Å². The van der Waals surface area contributed by atoms with Crippen LogP contribution in [0.1, 0.15) is 81.0 Å². The Kier molecular flexibility index (Phi) is 11.2. The fourth-order valence-corrected chi connectivity index (χ4v) is 5.58. The van der Waals surface area contributed by atoms with E-state index in [1.807, 2.05) is 24.4 Å². The number of carbonyl (C=O) groups excluding carboxylic acids is 1. The molecule has 2 aromatic rings. The maximum atomic E-state index is 13.0. The van der Waals surface area contributed by atoms with E-state index in [4.69, 9.17) is 0 Å². The van der Waals surface area contributed by atoms with Crippen LogP contribution in [-0.2, 0) is 24.4 Å². The van der Waals surface area contributed by atoms with Gasteiger partial charge in [-0.15, -0.1) is 0 Å². The molecule has 1 heterocycles. The monoisotopic (exact) mass is 491 g/mol. The quantitative estimate of drug-likeness (QED) is 0.312. The summed E-state index contributed by atoms with van der Waals surface area (Å²) < 4.78 is 0. The third-order valence-corrected chi connectivity index (χ3v) is 7.76. The third-order valence-electron chi connectivity index (χ3n) is 7.76. The van der Waals surface area contributed by atoms with E-state index < -0.39 is 0 Å². The van der Waals surface area contributed by atoms with Crippen LogP contribution in [-0.4, -0.2) is 36.1 Å². The lowest BCUT2D eigenvalue weighted by Gasteiger charge is -2.31. The van der Waals surface area contributed by atoms with Gasteiger partial charge in [-0.1, -0.05) is 62.4 Å². The van der Waals surface area contributed by atoms with Gasteiger partial charge < -0.3 is 21.3 Å². The molecular formula is C30H45N5O. The van der Waals surface area contributed by atoms with Gasteiger partial charge in [0, 0.05) is 37.9 Å². The lowest BCUT2D eigenvalue weighted by Crippen LogP contribution is -2.46. The van der Waals surface area contributed by atoms with E-state index in [2.05, 4.69) is 50.5 Å². The summed E-state index contributed by atoms with van der Waals surface area (Å²) in [7, 11) is 0. The first-order valence-corrected chi connectivity index (χ1v) is 14.2. The molecule has 36 heavy (non-hydrogen) atoms. The van der Waals surface area contributed by atoms with E-state index in [0.29, 0.717) is 13.1 Å². The number of nitrogens with one attached hydrogen (secondary N) is 4. The highest BCUT2D eigenvalue weighted by Crippen LogP contribution is 2.25. The maximum Gasteiger partial charge on any atom is 0.224 e. The van der Waals surface area contributed by atoms with Gasteiger partial charge in [-0.25, -0.2) is 0 Å². The molecule has 2 aliphatic carbocycles. The predicted molar refractivity (Wildman–Crippen MR) is 146 cm³/mol. The number of benzene rings is 1. The molecule has 6 heteroatoms.